The Morgan fingerprint density at radius 3 is 2.78 bits per heavy atom. The summed E-state index contributed by atoms with van der Waals surface area (Å²) < 4.78 is 0. The van der Waals surface area contributed by atoms with Gasteiger partial charge in [-0.1, -0.05) is 24.3 Å². The van der Waals surface area contributed by atoms with Crippen molar-refractivity contribution in [1.29, 1.82) is 0 Å². The summed E-state index contributed by atoms with van der Waals surface area (Å²) in [6.07, 6.45) is 1.09. The Balaban J connectivity index is 1.87. The van der Waals surface area contributed by atoms with E-state index in [9.17, 15) is 0 Å². The van der Waals surface area contributed by atoms with Gasteiger partial charge < -0.3 is 15.1 Å². The lowest BCUT2D eigenvalue weighted by Crippen LogP contribution is -2.44. The summed E-state index contributed by atoms with van der Waals surface area (Å²) in [4.78, 5) is 4.41. The van der Waals surface area contributed by atoms with E-state index in [1.54, 1.807) is 0 Å². The summed E-state index contributed by atoms with van der Waals surface area (Å²) in [5.41, 5.74) is 2.87. The number of benzene rings is 1. The minimum Gasteiger partial charge on any atom is -0.361 e. The summed E-state index contributed by atoms with van der Waals surface area (Å²) in [5.74, 6) is 0. The number of thiocarbonyl (C=S) groups is 1. The van der Waals surface area contributed by atoms with E-state index in [1.807, 2.05) is 0 Å². The molecule has 0 bridgehead atoms. The monoisotopic (exact) mass is 263 g/mol. The lowest BCUT2D eigenvalue weighted by Gasteiger charge is -2.31. The van der Waals surface area contributed by atoms with E-state index in [0.29, 0.717) is 0 Å². The number of rotatable bonds is 3. The molecule has 1 aliphatic heterocycles. The van der Waals surface area contributed by atoms with Crippen molar-refractivity contribution in [2.75, 3.05) is 33.7 Å². The number of nitrogens with zero attached hydrogens (tertiary/aromatic N) is 2. The Kier molecular flexibility index (Phi) is 4.55. The molecular weight excluding hydrogens is 242 g/mol. The normalized spacial score (nSPS) is 14.5. The highest BCUT2D eigenvalue weighted by molar-refractivity contribution is 7.80. The summed E-state index contributed by atoms with van der Waals surface area (Å²) >= 11 is 5.45. The van der Waals surface area contributed by atoms with Gasteiger partial charge in [-0.3, -0.25) is 0 Å². The predicted molar refractivity (Wildman–Crippen MR) is 79.7 cm³/mol. The highest BCUT2D eigenvalue weighted by atomic mass is 32.1. The molecule has 1 heterocycles. The van der Waals surface area contributed by atoms with Crippen molar-refractivity contribution in [2.24, 2.45) is 0 Å². The van der Waals surface area contributed by atoms with Gasteiger partial charge in [-0.2, -0.15) is 0 Å². The molecule has 0 saturated heterocycles. The highest BCUT2D eigenvalue weighted by Gasteiger charge is 2.17. The van der Waals surface area contributed by atoms with Crippen LogP contribution < -0.4 is 5.32 Å². The third-order valence-corrected chi connectivity index (χ3v) is 3.66. The second-order valence-corrected chi connectivity index (χ2v) is 5.36. The van der Waals surface area contributed by atoms with E-state index in [4.69, 9.17) is 12.2 Å². The topological polar surface area (TPSA) is 18.5 Å². The number of hydrogen-bond acceptors (Lipinski definition) is 2. The van der Waals surface area contributed by atoms with Crippen LogP contribution in [0.15, 0.2) is 24.3 Å². The molecule has 0 amide bonds. The average Bonchev–Trinajstić information content (AvgIpc) is 2.37. The van der Waals surface area contributed by atoms with Crippen molar-refractivity contribution in [2.45, 2.75) is 13.0 Å². The Morgan fingerprint density at radius 2 is 2.06 bits per heavy atom. The van der Waals surface area contributed by atoms with Crippen LogP contribution in [0.4, 0.5) is 0 Å². The predicted octanol–water partition coefficient (Wildman–Crippen LogP) is 1.48. The fourth-order valence-electron chi connectivity index (χ4n) is 2.17. The van der Waals surface area contributed by atoms with Crippen molar-refractivity contribution in [3.63, 3.8) is 0 Å². The second-order valence-electron chi connectivity index (χ2n) is 4.98. The van der Waals surface area contributed by atoms with Gasteiger partial charge in [0, 0.05) is 26.2 Å². The fourth-order valence-corrected chi connectivity index (χ4v) is 2.43. The van der Waals surface area contributed by atoms with E-state index in [2.05, 4.69) is 53.5 Å². The van der Waals surface area contributed by atoms with Crippen LogP contribution in [0.2, 0.25) is 0 Å². The van der Waals surface area contributed by atoms with Gasteiger partial charge in [0.2, 0.25) is 0 Å². The van der Waals surface area contributed by atoms with E-state index < -0.39 is 0 Å². The molecule has 2 rings (SSSR count). The van der Waals surface area contributed by atoms with Crippen LogP contribution in [-0.4, -0.2) is 48.6 Å². The third kappa shape index (κ3) is 3.43. The Bertz CT molecular complexity index is 417. The van der Waals surface area contributed by atoms with Crippen LogP contribution in [0, 0.1) is 0 Å². The number of likely N-dealkylation sites (N-methyl/N-ethyl adjacent to an activating group) is 1. The van der Waals surface area contributed by atoms with Crippen molar-refractivity contribution >= 4 is 17.3 Å². The van der Waals surface area contributed by atoms with E-state index in [-0.39, 0.29) is 0 Å². The largest absolute Gasteiger partial charge is 0.361 e. The quantitative estimate of drug-likeness (QED) is 0.832. The molecule has 0 fully saturated rings. The van der Waals surface area contributed by atoms with E-state index in [0.717, 1.165) is 37.7 Å². The first-order valence-corrected chi connectivity index (χ1v) is 6.82. The fraction of sp³-hybridized carbons (Fsp3) is 0.500. The lowest BCUT2D eigenvalue weighted by atomic mass is 10.0. The van der Waals surface area contributed by atoms with Gasteiger partial charge in [0.25, 0.3) is 0 Å². The van der Waals surface area contributed by atoms with Gasteiger partial charge >= 0.3 is 0 Å². The molecule has 0 unspecified atom stereocenters. The lowest BCUT2D eigenvalue weighted by molar-refractivity contribution is 0.375. The highest BCUT2D eigenvalue weighted by Crippen LogP contribution is 2.18. The SMILES string of the molecule is CN(C)CCNC(=S)N1CCc2ccccc2C1. The molecule has 4 heteroatoms. The van der Waals surface area contributed by atoms with Gasteiger partial charge in [0.1, 0.15) is 0 Å². The molecule has 18 heavy (non-hydrogen) atoms. The summed E-state index contributed by atoms with van der Waals surface area (Å²) in [5, 5.41) is 4.21. The van der Waals surface area contributed by atoms with Gasteiger partial charge in [-0.05, 0) is 43.9 Å². The molecule has 1 aliphatic rings. The van der Waals surface area contributed by atoms with Crippen LogP contribution in [0.25, 0.3) is 0 Å². The molecular formula is C14H21N3S. The summed E-state index contributed by atoms with van der Waals surface area (Å²) in [6.45, 7) is 3.86. The molecule has 0 aromatic heterocycles. The van der Waals surface area contributed by atoms with Crippen LogP contribution in [0.1, 0.15) is 11.1 Å². The number of hydrogen-bond donors (Lipinski definition) is 1. The van der Waals surface area contributed by atoms with Crippen LogP contribution in [-0.2, 0) is 13.0 Å². The Labute approximate surface area is 115 Å². The molecule has 0 atom stereocenters. The maximum Gasteiger partial charge on any atom is 0.169 e. The first-order chi connectivity index (χ1) is 8.66. The maximum absolute atomic E-state index is 5.45. The summed E-state index contributed by atoms with van der Waals surface area (Å²) in [7, 11) is 4.14. The van der Waals surface area contributed by atoms with E-state index >= 15 is 0 Å². The van der Waals surface area contributed by atoms with Crippen molar-refractivity contribution in [1.82, 2.24) is 15.1 Å². The smallest absolute Gasteiger partial charge is 0.169 e. The molecule has 98 valence electrons. The van der Waals surface area contributed by atoms with Crippen LogP contribution >= 0.6 is 12.2 Å². The van der Waals surface area contributed by atoms with E-state index in [1.165, 1.54) is 11.1 Å². The van der Waals surface area contributed by atoms with Gasteiger partial charge in [-0.15, -0.1) is 0 Å². The summed E-state index contributed by atoms with van der Waals surface area (Å²) in [6, 6.07) is 8.63. The Hall–Kier alpha value is -1.13. The Morgan fingerprint density at radius 1 is 1.33 bits per heavy atom. The molecule has 0 saturated carbocycles. The first-order valence-electron chi connectivity index (χ1n) is 6.41. The molecule has 3 nitrogen and oxygen atoms in total. The third-order valence-electron chi connectivity index (χ3n) is 3.25. The molecule has 1 N–H and O–H groups in total. The number of fused-ring (bicyclic) bond motifs is 1. The zero-order valence-electron chi connectivity index (χ0n) is 11.1. The number of nitrogens with one attached hydrogen (secondary N) is 1. The zero-order chi connectivity index (χ0) is 13.0. The van der Waals surface area contributed by atoms with Gasteiger partial charge in [0.05, 0.1) is 0 Å². The van der Waals surface area contributed by atoms with Crippen molar-refractivity contribution < 1.29 is 0 Å². The molecule has 0 spiro atoms. The van der Waals surface area contributed by atoms with Gasteiger partial charge in [0.15, 0.2) is 5.11 Å². The second kappa shape index (κ2) is 6.16. The zero-order valence-corrected chi connectivity index (χ0v) is 12.0. The standard InChI is InChI=1S/C14H21N3S/c1-16(2)10-8-15-14(18)17-9-7-12-5-3-4-6-13(12)11-17/h3-6H,7-11H2,1-2H3,(H,15,18). The molecule has 1 aromatic carbocycles. The van der Waals surface area contributed by atoms with Crippen molar-refractivity contribution in [3.8, 4) is 0 Å². The molecule has 0 radical (unpaired) electrons. The minimum atomic E-state index is 0.881. The molecule has 0 aliphatic carbocycles. The maximum atomic E-state index is 5.45. The van der Waals surface area contributed by atoms with Gasteiger partial charge in [-0.25, -0.2) is 0 Å². The minimum absolute atomic E-state index is 0.881. The first kappa shape index (κ1) is 13.3. The molecule has 1 aromatic rings. The van der Waals surface area contributed by atoms with Crippen LogP contribution in [0.5, 0.6) is 0 Å². The van der Waals surface area contributed by atoms with Crippen molar-refractivity contribution in [3.05, 3.63) is 35.4 Å². The average molecular weight is 263 g/mol. The van der Waals surface area contributed by atoms with Crippen LogP contribution in [0.3, 0.4) is 0 Å².